The lowest BCUT2D eigenvalue weighted by molar-refractivity contribution is -0.384. The number of nitro groups is 1. The molecule has 0 amide bonds. The highest BCUT2D eigenvalue weighted by molar-refractivity contribution is 7.99. The standard InChI is InChI=1S/C14H15N5O6S/c20-5-10(21)11(22)12(23)13-15-16-14-18(13)17-9(6-26-14)7-1-3-8(4-2-7)19(24)25/h1-4,10-12,20-23H,5-6H2/t10-,11-,12-/m1/s1. The van der Waals surface area contributed by atoms with Crippen LogP contribution < -0.4 is 0 Å². The predicted octanol–water partition coefficient (Wildman–Crippen LogP) is -0.708. The van der Waals surface area contributed by atoms with Gasteiger partial charge in [-0.15, -0.1) is 10.2 Å². The molecule has 0 spiro atoms. The molecular formula is C14H15N5O6S. The molecule has 26 heavy (non-hydrogen) atoms. The van der Waals surface area contributed by atoms with E-state index in [1.54, 1.807) is 12.1 Å². The van der Waals surface area contributed by atoms with Crippen molar-refractivity contribution in [3.8, 4) is 0 Å². The first-order valence-electron chi connectivity index (χ1n) is 7.48. The zero-order valence-corrected chi connectivity index (χ0v) is 14.0. The van der Waals surface area contributed by atoms with Crippen LogP contribution in [0.25, 0.3) is 0 Å². The van der Waals surface area contributed by atoms with Gasteiger partial charge in [0.1, 0.15) is 18.3 Å². The molecule has 1 aliphatic rings. The Morgan fingerprint density at radius 2 is 1.92 bits per heavy atom. The van der Waals surface area contributed by atoms with Gasteiger partial charge in [-0.05, 0) is 17.7 Å². The molecule has 0 fully saturated rings. The number of hydrogen-bond donors (Lipinski definition) is 4. The number of fused-ring (bicyclic) bond motifs is 1. The third kappa shape index (κ3) is 3.45. The van der Waals surface area contributed by atoms with Crippen molar-refractivity contribution in [1.29, 1.82) is 0 Å². The van der Waals surface area contributed by atoms with Crippen LogP contribution in [0.1, 0.15) is 17.5 Å². The smallest absolute Gasteiger partial charge is 0.269 e. The Morgan fingerprint density at radius 1 is 1.23 bits per heavy atom. The summed E-state index contributed by atoms with van der Waals surface area (Å²) in [5.41, 5.74) is 1.18. The molecule has 3 rings (SSSR count). The summed E-state index contributed by atoms with van der Waals surface area (Å²) in [6.45, 7) is -0.731. The second kappa shape index (κ2) is 7.47. The summed E-state index contributed by atoms with van der Waals surface area (Å²) in [6.07, 6.45) is -4.83. The summed E-state index contributed by atoms with van der Waals surface area (Å²) in [5.74, 6) is 0.347. The van der Waals surface area contributed by atoms with Crippen LogP contribution in [0.2, 0.25) is 0 Å². The van der Waals surface area contributed by atoms with Gasteiger partial charge in [-0.1, -0.05) is 11.8 Å². The van der Waals surface area contributed by atoms with E-state index in [1.165, 1.54) is 28.6 Å². The van der Waals surface area contributed by atoms with Gasteiger partial charge in [0.2, 0.25) is 5.16 Å². The molecule has 0 saturated carbocycles. The third-order valence-electron chi connectivity index (χ3n) is 3.78. The van der Waals surface area contributed by atoms with Gasteiger partial charge < -0.3 is 20.4 Å². The molecule has 138 valence electrons. The van der Waals surface area contributed by atoms with Crippen molar-refractivity contribution in [3.63, 3.8) is 0 Å². The van der Waals surface area contributed by atoms with Gasteiger partial charge in [-0.3, -0.25) is 10.1 Å². The molecule has 0 saturated heterocycles. The Bertz CT molecular complexity index is 839. The summed E-state index contributed by atoms with van der Waals surface area (Å²) in [5, 5.41) is 61.6. The van der Waals surface area contributed by atoms with E-state index < -0.39 is 29.8 Å². The summed E-state index contributed by atoms with van der Waals surface area (Å²) in [4.78, 5) is 10.2. The summed E-state index contributed by atoms with van der Waals surface area (Å²) < 4.78 is 1.24. The number of thioether (sulfide) groups is 1. The van der Waals surface area contributed by atoms with Crippen molar-refractivity contribution >= 4 is 23.2 Å². The lowest BCUT2D eigenvalue weighted by atomic mass is 10.1. The maximum atomic E-state index is 10.7. The van der Waals surface area contributed by atoms with Gasteiger partial charge in [0, 0.05) is 17.9 Å². The average molecular weight is 381 g/mol. The van der Waals surface area contributed by atoms with Crippen molar-refractivity contribution in [2.24, 2.45) is 5.10 Å². The lowest BCUT2D eigenvalue weighted by Gasteiger charge is -2.21. The van der Waals surface area contributed by atoms with Gasteiger partial charge in [0.15, 0.2) is 5.82 Å². The van der Waals surface area contributed by atoms with Gasteiger partial charge >= 0.3 is 0 Å². The zero-order chi connectivity index (χ0) is 18.8. The zero-order valence-electron chi connectivity index (χ0n) is 13.2. The second-order valence-electron chi connectivity index (χ2n) is 5.48. The predicted molar refractivity (Wildman–Crippen MR) is 89.8 cm³/mol. The minimum Gasteiger partial charge on any atom is -0.394 e. The SMILES string of the molecule is O=[N+]([O-])c1ccc(C2=Nn3c(nnc3[C@H](O)[C@H](O)[C@H](O)CO)SC2)cc1. The van der Waals surface area contributed by atoms with Gasteiger partial charge in [-0.25, -0.2) is 0 Å². The molecule has 12 heteroatoms. The molecule has 1 aromatic carbocycles. The average Bonchev–Trinajstić information content (AvgIpc) is 3.09. The molecule has 2 heterocycles. The van der Waals surface area contributed by atoms with Crippen molar-refractivity contribution < 1.29 is 25.3 Å². The van der Waals surface area contributed by atoms with E-state index in [0.29, 0.717) is 22.2 Å². The molecule has 1 aliphatic heterocycles. The molecule has 3 atom stereocenters. The lowest BCUT2D eigenvalue weighted by Crippen LogP contribution is -2.36. The van der Waals surface area contributed by atoms with Crippen LogP contribution in [-0.4, -0.2) is 70.5 Å². The second-order valence-corrected chi connectivity index (χ2v) is 6.42. The first-order chi connectivity index (χ1) is 12.4. The van der Waals surface area contributed by atoms with E-state index in [9.17, 15) is 25.4 Å². The van der Waals surface area contributed by atoms with Gasteiger partial charge in [0.05, 0.1) is 17.2 Å². The van der Waals surface area contributed by atoms with Crippen LogP contribution in [0.5, 0.6) is 0 Å². The fraction of sp³-hybridized carbons (Fsp3) is 0.357. The maximum absolute atomic E-state index is 10.7. The number of nitro benzene ring substituents is 1. The van der Waals surface area contributed by atoms with Gasteiger partial charge in [-0.2, -0.15) is 9.78 Å². The Hall–Kier alpha value is -2.38. The van der Waals surface area contributed by atoms with Gasteiger partial charge in [0.25, 0.3) is 5.69 Å². The van der Waals surface area contributed by atoms with E-state index in [2.05, 4.69) is 15.3 Å². The van der Waals surface area contributed by atoms with E-state index >= 15 is 0 Å². The highest BCUT2D eigenvalue weighted by Crippen LogP contribution is 2.28. The molecule has 0 aliphatic carbocycles. The molecular weight excluding hydrogens is 366 g/mol. The number of benzene rings is 1. The molecule has 11 nitrogen and oxygen atoms in total. The topological polar surface area (TPSA) is 167 Å². The first kappa shape index (κ1) is 18.4. The number of aliphatic hydroxyl groups is 4. The quantitative estimate of drug-likeness (QED) is 0.373. The number of nitrogens with zero attached hydrogens (tertiary/aromatic N) is 5. The van der Waals surface area contributed by atoms with E-state index in [4.69, 9.17) is 5.11 Å². The van der Waals surface area contributed by atoms with E-state index in [0.717, 1.165) is 0 Å². The molecule has 0 bridgehead atoms. The Balaban J connectivity index is 1.91. The minimum absolute atomic E-state index is 0.0416. The van der Waals surface area contributed by atoms with E-state index in [1.807, 2.05) is 0 Å². The monoisotopic (exact) mass is 381 g/mol. The largest absolute Gasteiger partial charge is 0.394 e. The van der Waals surface area contributed by atoms with Crippen molar-refractivity contribution in [3.05, 3.63) is 45.8 Å². The minimum atomic E-state index is -1.67. The number of hydrogen-bond acceptors (Lipinski definition) is 10. The number of non-ortho nitro benzene ring substituents is 1. The molecule has 0 radical (unpaired) electrons. The fourth-order valence-corrected chi connectivity index (χ4v) is 3.16. The van der Waals surface area contributed by atoms with Crippen LogP contribution in [-0.2, 0) is 0 Å². The van der Waals surface area contributed by atoms with Crippen LogP contribution in [0.15, 0.2) is 34.5 Å². The third-order valence-corrected chi connectivity index (χ3v) is 4.71. The van der Waals surface area contributed by atoms with Crippen molar-refractivity contribution in [1.82, 2.24) is 14.9 Å². The number of rotatable bonds is 6. The molecule has 1 aromatic heterocycles. The Morgan fingerprint density at radius 3 is 2.54 bits per heavy atom. The highest BCUT2D eigenvalue weighted by Gasteiger charge is 2.32. The van der Waals surface area contributed by atoms with Crippen molar-refractivity contribution in [2.45, 2.75) is 23.5 Å². The number of aromatic nitrogens is 3. The van der Waals surface area contributed by atoms with Crippen LogP contribution in [0.3, 0.4) is 0 Å². The van der Waals surface area contributed by atoms with Crippen LogP contribution in [0.4, 0.5) is 5.69 Å². The molecule has 0 unspecified atom stereocenters. The normalized spacial score (nSPS) is 17.2. The van der Waals surface area contributed by atoms with Crippen molar-refractivity contribution in [2.75, 3.05) is 12.4 Å². The Labute approximate surface area is 150 Å². The van der Waals surface area contributed by atoms with Crippen LogP contribution >= 0.6 is 11.8 Å². The maximum Gasteiger partial charge on any atom is 0.269 e. The fourth-order valence-electron chi connectivity index (χ4n) is 2.32. The summed E-state index contributed by atoms with van der Waals surface area (Å²) in [6, 6.07) is 5.85. The highest BCUT2D eigenvalue weighted by atomic mass is 32.2. The first-order valence-corrected chi connectivity index (χ1v) is 8.46. The van der Waals surface area contributed by atoms with Crippen LogP contribution in [0, 0.1) is 10.1 Å². The summed E-state index contributed by atoms with van der Waals surface area (Å²) >= 11 is 1.29. The molecule has 2 aromatic rings. The molecule has 4 N–H and O–H groups in total. The van der Waals surface area contributed by atoms with E-state index in [-0.39, 0.29) is 11.5 Å². The Kier molecular flexibility index (Phi) is 5.29. The number of aliphatic hydroxyl groups excluding tert-OH is 4. The summed E-state index contributed by atoms with van der Waals surface area (Å²) in [7, 11) is 0.